The highest BCUT2D eigenvalue weighted by Gasteiger charge is 2.14. The standard InChI is InChI=1S/C19H16O4/c1-3-17(20)22-16-10-9-14-15(13-7-5-4-6-8-13)11-18(21)23-19(14)12(16)2/h4-11H,3H2,1-2H3. The van der Waals surface area contributed by atoms with Gasteiger partial charge in [0.15, 0.2) is 0 Å². The van der Waals surface area contributed by atoms with Crippen molar-refractivity contribution in [1.82, 2.24) is 0 Å². The van der Waals surface area contributed by atoms with Gasteiger partial charge in [0, 0.05) is 23.4 Å². The first-order valence-electron chi connectivity index (χ1n) is 7.43. The number of rotatable bonds is 3. The van der Waals surface area contributed by atoms with Crippen LogP contribution in [0.15, 0.2) is 57.7 Å². The minimum atomic E-state index is -0.432. The van der Waals surface area contributed by atoms with Gasteiger partial charge < -0.3 is 9.15 Å². The summed E-state index contributed by atoms with van der Waals surface area (Å²) >= 11 is 0. The molecule has 0 aliphatic heterocycles. The van der Waals surface area contributed by atoms with E-state index in [2.05, 4.69) is 0 Å². The van der Waals surface area contributed by atoms with Gasteiger partial charge in [0.05, 0.1) is 0 Å². The fourth-order valence-corrected chi connectivity index (χ4v) is 2.50. The average Bonchev–Trinajstić information content (AvgIpc) is 2.58. The topological polar surface area (TPSA) is 56.5 Å². The first-order valence-corrected chi connectivity index (χ1v) is 7.43. The van der Waals surface area contributed by atoms with Crippen molar-refractivity contribution in [3.63, 3.8) is 0 Å². The first-order chi connectivity index (χ1) is 11.1. The van der Waals surface area contributed by atoms with E-state index in [-0.39, 0.29) is 12.4 Å². The van der Waals surface area contributed by atoms with Crippen molar-refractivity contribution in [2.24, 2.45) is 0 Å². The molecule has 0 aliphatic carbocycles. The van der Waals surface area contributed by atoms with E-state index in [1.165, 1.54) is 6.07 Å². The van der Waals surface area contributed by atoms with E-state index < -0.39 is 5.63 Å². The highest BCUT2D eigenvalue weighted by molar-refractivity contribution is 5.95. The number of carbonyl (C=O) groups excluding carboxylic acids is 1. The highest BCUT2D eigenvalue weighted by atomic mass is 16.5. The molecule has 0 saturated carbocycles. The van der Waals surface area contributed by atoms with Crippen LogP contribution in [0.1, 0.15) is 18.9 Å². The maximum absolute atomic E-state index is 11.9. The van der Waals surface area contributed by atoms with Gasteiger partial charge in [0.1, 0.15) is 11.3 Å². The summed E-state index contributed by atoms with van der Waals surface area (Å²) in [6.07, 6.45) is 0.283. The molecular weight excluding hydrogens is 292 g/mol. The largest absolute Gasteiger partial charge is 0.426 e. The van der Waals surface area contributed by atoms with E-state index in [0.29, 0.717) is 16.9 Å². The molecular formula is C19H16O4. The van der Waals surface area contributed by atoms with Crippen molar-refractivity contribution in [3.05, 3.63) is 64.5 Å². The summed E-state index contributed by atoms with van der Waals surface area (Å²) in [7, 11) is 0. The van der Waals surface area contributed by atoms with E-state index in [1.807, 2.05) is 36.4 Å². The molecule has 0 saturated heterocycles. The lowest BCUT2D eigenvalue weighted by molar-refractivity contribution is -0.134. The van der Waals surface area contributed by atoms with Crippen LogP contribution in [-0.4, -0.2) is 5.97 Å². The summed E-state index contributed by atoms with van der Waals surface area (Å²) in [5, 5.41) is 0.810. The van der Waals surface area contributed by atoms with Crippen molar-refractivity contribution in [2.75, 3.05) is 0 Å². The Morgan fingerprint density at radius 1 is 1.13 bits per heavy atom. The van der Waals surface area contributed by atoms with Crippen LogP contribution in [-0.2, 0) is 4.79 Å². The molecule has 0 atom stereocenters. The number of hydrogen-bond acceptors (Lipinski definition) is 4. The Labute approximate surface area is 133 Å². The molecule has 4 heteroatoms. The minimum Gasteiger partial charge on any atom is -0.426 e. The second kappa shape index (κ2) is 6.08. The number of carbonyl (C=O) groups is 1. The van der Waals surface area contributed by atoms with E-state index in [0.717, 1.165) is 16.5 Å². The molecule has 0 radical (unpaired) electrons. The van der Waals surface area contributed by atoms with Gasteiger partial charge in [-0.2, -0.15) is 0 Å². The predicted molar refractivity (Wildman–Crippen MR) is 88.6 cm³/mol. The third-order valence-corrected chi connectivity index (χ3v) is 3.71. The quantitative estimate of drug-likeness (QED) is 0.415. The zero-order valence-corrected chi connectivity index (χ0v) is 13.0. The zero-order chi connectivity index (χ0) is 16.4. The Morgan fingerprint density at radius 2 is 1.87 bits per heavy atom. The van der Waals surface area contributed by atoms with Gasteiger partial charge in [-0.3, -0.25) is 4.79 Å². The molecule has 2 aromatic carbocycles. The Hall–Kier alpha value is -2.88. The summed E-state index contributed by atoms with van der Waals surface area (Å²) in [6.45, 7) is 3.50. The molecule has 116 valence electrons. The monoisotopic (exact) mass is 308 g/mol. The molecule has 1 aromatic heterocycles. The maximum Gasteiger partial charge on any atom is 0.336 e. The molecule has 0 spiro atoms. The van der Waals surface area contributed by atoms with Crippen molar-refractivity contribution < 1.29 is 13.9 Å². The van der Waals surface area contributed by atoms with Crippen LogP contribution < -0.4 is 10.4 Å². The lowest BCUT2D eigenvalue weighted by atomic mass is 10.0. The normalized spacial score (nSPS) is 10.7. The third-order valence-electron chi connectivity index (χ3n) is 3.71. The van der Waals surface area contributed by atoms with Crippen LogP contribution in [0.25, 0.3) is 22.1 Å². The van der Waals surface area contributed by atoms with E-state index >= 15 is 0 Å². The molecule has 1 heterocycles. The van der Waals surface area contributed by atoms with Gasteiger partial charge in [-0.05, 0) is 30.2 Å². The van der Waals surface area contributed by atoms with Crippen LogP contribution in [0.3, 0.4) is 0 Å². The summed E-state index contributed by atoms with van der Waals surface area (Å²) in [6, 6.07) is 14.7. The van der Waals surface area contributed by atoms with Gasteiger partial charge in [0.25, 0.3) is 0 Å². The number of ether oxygens (including phenoxy) is 1. The number of aryl methyl sites for hydroxylation is 1. The predicted octanol–water partition coefficient (Wildman–Crippen LogP) is 4.08. The number of hydrogen-bond donors (Lipinski definition) is 0. The summed E-state index contributed by atoms with van der Waals surface area (Å²) < 4.78 is 10.7. The fourth-order valence-electron chi connectivity index (χ4n) is 2.50. The molecule has 3 aromatic rings. The van der Waals surface area contributed by atoms with Gasteiger partial charge >= 0.3 is 11.6 Å². The highest BCUT2D eigenvalue weighted by Crippen LogP contribution is 2.33. The molecule has 0 N–H and O–H groups in total. The summed E-state index contributed by atoms with van der Waals surface area (Å²) in [5.41, 5.74) is 2.38. The lowest BCUT2D eigenvalue weighted by Crippen LogP contribution is -2.07. The number of benzene rings is 2. The fraction of sp³-hybridized carbons (Fsp3) is 0.158. The zero-order valence-electron chi connectivity index (χ0n) is 13.0. The van der Waals surface area contributed by atoms with Crippen LogP contribution in [0.2, 0.25) is 0 Å². The second-order valence-corrected chi connectivity index (χ2v) is 5.24. The van der Waals surface area contributed by atoms with Gasteiger partial charge in [-0.1, -0.05) is 37.3 Å². The summed E-state index contributed by atoms with van der Waals surface area (Å²) in [4.78, 5) is 23.5. The maximum atomic E-state index is 11.9. The molecule has 4 nitrogen and oxygen atoms in total. The van der Waals surface area contributed by atoms with Gasteiger partial charge in [-0.25, -0.2) is 4.79 Å². The lowest BCUT2D eigenvalue weighted by Gasteiger charge is -2.11. The minimum absolute atomic E-state index is 0.283. The molecule has 0 bridgehead atoms. The van der Waals surface area contributed by atoms with E-state index in [1.54, 1.807) is 19.9 Å². The molecule has 0 amide bonds. The van der Waals surface area contributed by atoms with Crippen LogP contribution in [0.4, 0.5) is 0 Å². The van der Waals surface area contributed by atoms with Crippen LogP contribution in [0.5, 0.6) is 5.75 Å². The summed E-state index contributed by atoms with van der Waals surface area (Å²) in [5.74, 6) is 0.0896. The van der Waals surface area contributed by atoms with Crippen LogP contribution in [0, 0.1) is 6.92 Å². The van der Waals surface area contributed by atoms with Crippen molar-refractivity contribution >= 4 is 16.9 Å². The smallest absolute Gasteiger partial charge is 0.336 e. The Kier molecular flexibility index (Phi) is 3.98. The molecule has 3 rings (SSSR count). The van der Waals surface area contributed by atoms with Crippen molar-refractivity contribution in [1.29, 1.82) is 0 Å². The molecule has 0 fully saturated rings. The van der Waals surface area contributed by atoms with Crippen LogP contribution >= 0.6 is 0 Å². The van der Waals surface area contributed by atoms with Crippen molar-refractivity contribution in [3.8, 4) is 16.9 Å². The molecule has 0 unspecified atom stereocenters. The number of fused-ring (bicyclic) bond motifs is 1. The third kappa shape index (κ3) is 2.88. The number of esters is 1. The van der Waals surface area contributed by atoms with Crippen molar-refractivity contribution in [2.45, 2.75) is 20.3 Å². The Morgan fingerprint density at radius 3 is 2.57 bits per heavy atom. The van der Waals surface area contributed by atoms with Gasteiger partial charge in [-0.15, -0.1) is 0 Å². The second-order valence-electron chi connectivity index (χ2n) is 5.24. The van der Waals surface area contributed by atoms with E-state index in [4.69, 9.17) is 9.15 Å². The molecule has 0 aliphatic rings. The SMILES string of the molecule is CCC(=O)Oc1ccc2c(-c3ccccc3)cc(=O)oc2c1C. The Balaban J connectivity index is 2.24. The van der Waals surface area contributed by atoms with E-state index in [9.17, 15) is 9.59 Å². The molecule has 23 heavy (non-hydrogen) atoms. The van der Waals surface area contributed by atoms with Gasteiger partial charge in [0.2, 0.25) is 0 Å². The Bertz CT molecular complexity index is 923. The average molecular weight is 308 g/mol. The first kappa shape index (κ1) is 15.0.